The lowest BCUT2D eigenvalue weighted by Crippen LogP contribution is -2.06. The van der Waals surface area contributed by atoms with E-state index < -0.39 is 5.97 Å². The minimum absolute atomic E-state index is 0.0755. The molecule has 0 aliphatic carbocycles. The molecule has 2 heterocycles. The molecular weight excluding hydrogens is 356 g/mol. The number of rotatable bonds is 6. The van der Waals surface area contributed by atoms with Gasteiger partial charge in [0.05, 0.1) is 10.4 Å². The van der Waals surface area contributed by atoms with E-state index in [0.717, 1.165) is 16.2 Å². The Labute approximate surface area is 153 Å². The number of esters is 1. The number of nitriles is 1. The van der Waals surface area contributed by atoms with E-state index in [9.17, 15) is 4.79 Å². The van der Waals surface area contributed by atoms with Crippen LogP contribution >= 0.6 is 22.7 Å². The summed E-state index contributed by atoms with van der Waals surface area (Å²) in [5.41, 5.74) is 1.95. The highest BCUT2D eigenvalue weighted by atomic mass is 32.1. The van der Waals surface area contributed by atoms with Crippen molar-refractivity contribution in [2.24, 2.45) is 0 Å². The predicted molar refractivity (Wildman–Crippen MR) is 95.8 cm³/mol. The van der Waals surface area contributed by atoms with Crippen LogP contribution in [0.3, 0.4) is 0 Å². The first-order valence-corrected chi connectivity index (χ1v) is 9.19. The normalized spacial score (nSPS) is 10.2. The highest BCUT2D eigenvalue weighted by Crippen LogP contribution is 2.19. The summed E-state index contributed by atoms with van der Waals surface area (Å²) in [7, 11) is 0. The summed E-state index contributed by atoms with van der Waals surface area (Å²) in [6.45, 7) is 2.38. The van der Waals surface area contributed by atoms with Crippen molar-refractivity contribution < 1.29 is 14.3 Å². The van der Waals surface area contributed by atoms with Crippen molar-refractivity contribution >= 4 is 28.6 Å². The van der Waals surface area contributed by atoms with Gasteiger partial charge < -0.3 is 9.47 Å². The van der Waals surface area contributed by atoms with Crippen LogP contribution < -0.4 is 4.74 Å². The molecule has 5 nitrogen and oxygen atoms in total. The van der Waals surface area contributed by atoms with Crippen molar-refractivity contribution in [2.75, 3.05) is 0 Å². The molecule has 3 rings (SSSR count). The summed E-state index contributed by atoms with van der Waals surface area (Å²) in [4.78, 5) is 17.0. The number of benzene rings is 1. The number of hydrogen-bond acceptors (Lipinski definition) is 7. The van der Waals surface area contributed by atoms with E-state index in [4.69, 9.17) is 14.7 Å². The minimum atomic E-state index is -0.505. The zero-order valence-electron chi connectivity index (χ0n) is 13.4. The first-order valence-electron chi connectivity index (χ1n) is 7.43. The molecule has 126 valence electrons. The second kappa shape index (κ2) is 7.92. The van der Waals surface area contributed by atoms with E-state index in [1.54, 1.807) is 16.8 Å². The van der Waals surface area contributed by atoms with Crippen LogP contribution in [0.15, 0.2) is 41.1 Å². The molecule has 0 radical (unpaired) electrons. The Morgan fingerprint density at radius 1 is 1.20 bits per heavy atom. The highest BCUT2D eigenvalue weighted by Gasteiger charge is 2.14. The summed E-state index contributed by atoms with van der Waals surface area (Å²) in [6.07, 6.45) is 0. The van der Waals surface area contributed by atoms with E-state index in [-0.39, 0.29) is 12.3 Å². The van der Waals surface area contributed by atoms with Gasteiger partial charge in [0, 0.05) is 5.38 Å². The van der Waals surface area contributed by atoms with Gasteiger partial charge in [0.2, 0.25) is 0 Å². The first kappa shape index (κ1) is 17.1. The molecule has 0 saturated heterocycles. The second-order valence-electron chi connectivity index (χ2n) is 5.17. The van der Waals surface area contributed by atoms with E-state index in [2.05, 4.69) is 11.1 Å². The third kappa shape index (κ3) is 4.44. The Kier molecular flexibility index (Phi) is 5.43. The summed E-state index contributed by atoms with van der Waals surface area (Å²) in [5.74, 6) is 0.252. The number of aromatic nitrogens is 1. The fourth-order valence-corrected chi connectivity index (χ4v) is 3.42. The number of ether oxygens (including phenoxy) is 2. The van der Waals surface area contributed by atoms with Crippen molar-refractivity contribution in [2.45, 2.75) is 20.1 Å². The Hall–Kier alpha value is -2.69. The molecule has 0 aliphatic heterocycles. The Morgan fingerprint density at radius 3 is 2.76 bits per heavy atom. The lowest BCUT2D eigenvalue weighted by molar-refractivity contribution is 0.0470. The van der Waals surface area contributed by atoms with E-state index in [1.807, 2.05) is 31.2 Å². The number of thiophene rings is 1. The van der Waals surface area contributed by atoms with Gasteiger partial charge in [-0.2, -0.15) is 5.26 Å². The molecule has 1 aromatic carbocycles. The van der Waals surface area contributed by atoms with Crippen LogP contribution in [0.4, 0.5) is 0 Å². The smallest absolute Gasteiger partial charge is 0.358 e. The van der Waals surface area contributed by atoms with E-state index >= 15 is 0 Å². The van der Waals surface area contributed by atoms with Crippen molar-refractivity contribution in [3.05, 3.63) is 67.8 Å². The van der Waals surface area contributed by atoms with Crippen LogP contribution in [-0.4, -0.2) is 11.0 Å². The maximum Gasteiger partial charge on any atom is 0.358 e. The topological polar surface area (TPSA) is 72.2 Å². The van der Waals surface area contributed by atoms with Gasteiger partial charge >= 0.3 is 5.97 Å². The average Bonchev–Trinajstić information content (AvgIpc) is 3.28. The molecule has 0 aliphatic rings. The van der Waals surface area contributed by atoms with Crippen molar-refractivity contribution in [3.63, 3.8) is 0 Å². The molecule has 2 aromatic heterocycles. The van der Waals surface area contributed by atoms with Gasteiger partial charge in [-0.25, -0.2) is 9.78 Å². The van der Waals surface area contributed by atoms with Crippen LogP contribution in [-0.2, 0) is 18.0 Å². The standard InChI is InChI=1S/C18H14N2O3S2/c1-12-2-4-14(5-3-12)22-10-17-20-15(11-25-17)18(21)23-9-16-13(8-19)6-7-24-16/h2-7,11H,9-10H2,1H3. The zero-order valence-corrected chi connectivity index (χ0v) is 15.0. The van der Waals surface area contributed by atoms with Gasteiger partial charge in [-0.3, -0.25) is 0 Å². The fraction of sp³-hybridized carbons (Fsp3) is 0.167. The maximum atomic E-state index is 12.1. The molecule has 0 unspecified atom stereocenters. The van der Waals surface area contributed by atoms with Gasteiger partial charge in [-0.15, -0.1) is 22.7 Å². The molecule has 0 bridgehead atoms. The second-order valence-corrected chi connectivity index (χ2v) is 7.12. The largest absolute Gasteiger partial charge is 0.486 e. The predicted octanol–water partition coefficient (Wildman–Crippen LogP) is 4.32. The fourth-order valence-electron chi connectivity index (χ4n) is 2.01. The van der Waals surface area contributed by atoms with Crippen LogP contribution in [0.5, 0.6) is 5.75 Å². The third-order valence-corrected chi connectivity index (χ3v) is 5.06. The molecular formula is C18H14N2O3S2. The molecule has 0 fully saturated rings. The van der Waals surface area contributed by atoms with Gasteiger partial charge in [0.15, 0.2) is 5.69 Å². The quantitative estimate of drug-likeness (QED) is 0.604. The summed E-state index contributed by atoms with van der Waals surface area (Å²) in [5, 5.41) is 13.1. The van der Waals surface area contributed by atoms with E-state index in [1.165, 1.54) is 22.7 Å². The first-order chi connectivity index (χ1) is 12.2. The lowest BCUT2D eigenvalue weighted by Gasteiger charge is -2.04. The molecule has 25 heavy (non-hydrogen) atoms. The Bertz CT molecular complexity index is 907. The maximum absolute atomic E-state index is 12.1. The lowest BCUT2D eigenvalue weighted by atomic mass is 10.2. The van der Waals surface area contributed by atoms with Crippen molar-refractivity contribution in [1.82, 2.24) is 4.98 Å². The van der Waals surface area contributed by atoms with E-state index in [0.29, 0.717) is 17.2 Å². The van der Waals surface area contributed by atoms with Crippen molar-refractivity contribution in [1.29, 1.82) is 5.26 Å². The molecule has 0 atom stereocenters. The van der Waals surface area contributed by atoms with Gasteiger partial charge in [-0.1, -0.05) is 17.7 Å². The summed E-state index contributed by atoms with van der Waals surface area (Å²) >= 11 is 2.73. The van der Waals surface area contributed by atoms with Crippen LogP contribution in [0, 0.1) is 18.3 Å². The number of nitrogens with zero attached hydrogens (tertiary/aromatic N) is 2. The summed E-state index contributed by atoms with van der Waals surface area (Å²) < 4.78 is 10.9. The molecule has 0 amide bonds. The van der Waals surface area contributed by atoms with Crippen molar-refractivity contribution in [3.8, 4) is 11.8 Å². The van der Waals surface area contributed by atoms with Crippen LogP contribution in [0.1, 0.15) is 31.5 Å². The minimum Gasteiger partial charge on any atom is -0.486 e. The number of aryl methyl sites for hydroxylation is 1. The van der Waals surface area contributed by atoms with Crippen LogP contribution in [0.2, 0.25) is 0 Å². The highest BCUT2D eigenvalue weighted by molar-refractivity contribution is 7.10. The van der Waals surface area contributed by atoms with Gasteiger partial charge in [-0.05, 0) is 30.5 Å². The average molecular weight is 370 g/mol. The Balaban J connectivity index is 1.54. The summed E-state index contributed by atoms with van der Waals surface area (Å²) in [6, 6.07) is 11.5. The number of thiazole rings is 1. The molecule has 0 N–H and O–H groups in total. The molecule has 3 aromatic rings. The molecule has 0 spiro atoms. The number of carbonyl (C=O) groups excluding carboxylic acids is 1. The number of carbonyl (C=O) groups is 1. The number of hydrogen-bond donors (Lipinski definition) is 0. The molecule has 0 saturated carbocycles. The molecule has 7 heteroatoms. The van der Waals surface area contributed by atoms with Gasteiger partial charge in [0.1, 0.15) is 30.0 Å². The Morgan fingerprint density at radius 2 is 2.00 bits per heavy atom. The SMILES string of the molecule is Cc1ccc(OCc2nc(C(=O)OCc3sccc3C#N)cs2)cc1. The monoisotopic (exact) mass is 370 g/mol. The van der Waals surface area contributed by atoms with Gasteiger partial charge in [0.25, 0.3) is 0 Å². The van der Waals surface area contributed by atoms with Crippen LogP contribution in [0.25, 0.3) is 0 Å². The zero-order chi connectivity index (χ0) is 17.6. The third-order valence-electron chi connectivity index (χ3n) is 3.34.